The lowest BCUT2D eigenvalue weighted by molar-refractivity contribution is -0.128. The Kier molecular flexibility index (Phi) is 7.28. The first-order chi connectivity index (χ1) is 15.7. The molecular weight excluding hydrogens is 428 g/mol. The van der Waals surface area contributed by atoms with E-state index in [4.69, 9.17) is 14.2 Å². The first-order valence-corrected chi connectivity index (χ1v) is 11.4. The number of ether oxygens (including phenoxy) is 3. The average Bonchev–Trinajstić information content (AvgIpc) is 3.24. The van der Waals surface area contributed by atoms with E-state index < -0.39 is 0 Å². The molecule has 0 fully saturated rings. The van der Waals surface area contributed by atoms with Gasteiger partial charge in [-0.05, 0) is 12.1 Å². The van der Waals surface area contributed by atoms with E-state index in [9.17, 15) is 4.79 Å². The van der Waals surface area contributed by atoms with Crippen LogP contribution in [0.5, 0.6) is 11.5 Å². The van der Waals surface area contributed by atoms with Gasteiger partial charge in [0, 0.05) is 19.7 Å². The molecular formula is C23H26N4O4S. The van der Waals surface area contributed by atoms with Crippen molar-refractivity contribution in [2.24, 2.45) is 0 Å². The Bertz CT molecular complexity index is 1040. The molecule has 0 radical (unpaired) electrons. The summed E-state index contributed by atoms with van der Waals surface area (Å²) in [6.07, 6.45) is -0.209. The van der Waals surface area contributed by atoms with Crippen molar-refractivity contribution in [2.75, 3.05) is 39.7 Å². The van der Waals surface area contributed by atoms with Gasteiger partial charge in [-0.25, -0.2) is 0 Å². The fourth-order valence-electron chi connectivity index (χ4n) is 3.38. The van der Waals surface area contributed by atoms with Crippen LogP contribution < -0.4 is 9.47 Å². The van der Waals surface area contributed by atoms with E-state index in [0.717, 1.165) is 17.1 Å². The van der Waals surface area contributed by atoms with E-state index >= 15 is 0 Å². The molecule has 0 aliphatic carbocycles. The quantitative estimate of drug-likeness (QED) is 0.460. The van der Waals surface area contributed by atoms with Gasteiger partial charge in [-0.1, -0.05) is 54.2 Å². The second kappa shape index (κ2) is 10.5. The fraction of sp³-hybridized carbons (Fsp3) is 0.348. The maximum absolute atomic E-state index is 12.8. The summed E-state index contributed by atoms with van der Waals surface area (Å²) in [5.74, 6) is 2.44. The lowest BCUT2D eigenvalue weighted by Crippen LogP contribution is -2.42. The number of para-hydroxylation sites is 2. The van der Waals surface area contributed by atoms with Crippen LogP contribution in [0.3, 0.4) is 0 Å². The molecule has 0 N–H and O–H groups in total. The van der Waals surface area contributed by atoms with Crippen molar-refractivity contribution in [3.63, 3.8) is 0 Å². The summed E-state index contributed by atoms with van der Waals surface area (Å²) in [6, 6.07) is 17.4. The second-order valence-corrected chi connectivity index (χ2v) is 8.32. The van der Waals surface area contributed by atoms with Crippen LogP contribution in [0.4, 0.5) is 0 Å². The van der Waals surface area contributed by atoms with Crippen molar-refractivity contribution in [1.82, 2.24) is 19.7 Å². The highest BCUT2D eigenvalue weighted by molar-refractivity contribution is 7.99. The smallest absolute Gasteiger partial charge is 0.232 e. The molecule has 0 saturated carbocycles. The van der Waals surface area contributed by atoms with Gasteiger partial charge < -0.3 is 19.1 Å². The predicted molar refractivity (Wildman–Crippen MR) is 122 cm³/mol. The van der Waals surface area contributed by atoms with Gasteiger partial charge in [-0.3, -0.25) is 9.36 Å². The fourth-order valence-corrected chi connectivity index (χ4v) is 4.28. The first kappa shape index (κ1) is 22.2. The molecule has 1 aliphatic rings. The maximum atomic E-state index is 12.8. The molecule has 1 atom stereocenters. The number of nitrogens with zero attached hydrogens (tertiary/aromatic N) is 4. The average molecular weight is 455 g/mol. The third-order valence-corrected chi connectivity index (χ3v) is 6.01. The number of benzene rings is 2. The number of thioether (sulfide) groups is 1. The van der Waals surface area contributed by atoms with Crippen molar-refractivity contribution >= 4 is 17.7 Å². The molecule has 4 rings (SSSR count). The predicted octanol–water partition coefficient (Wildman–Crippen LogP) is 2.98. The Morgan fingerprint density at radius 1 is 1.16 bits per heavy atom. The molecule has 8 nitrogen and oxygen atoms in total. The summed E-state index contributed by atoms with van der Waals surface area (Å²) >= 11 is 1.37. The van der Waals surface area contributed by atoms with E-state index in [2.05, 4.69) is 10.2 Å². The highest BCUT2D eigenvalue weighted by atomic mass is 32.2. The van der Waals surface area contributed by atoms with Gasteiger partial charge in [0.25, 0.3) is 0 Å². The van der Waals surface area contributed by atoms with Crippen LogP contribution in [0.15, 0.2) is 59.8 Å². The molecule has 168 valence electrons. The minimum absolute atomic E-state index is 0.0139. The highest BCUT2D eigenvalue weighted by Gasteiger charge is 2.24. The van der Waals surface area contributed by atoms with Gasteiger partial charge in [0.15, 0.2) is 28.6 Å². The Balaban J connectivity index is 1.36. The van der Waals surface area contributed by atoms with Crippen molar-refractivity contribution in [2.45, 2.75) is 17.8 Å². The molecule has 1 aromatic heterocycles. The lowest BCUT2D eigenvalue weighted by atomic mass is 10.2. The highest BCUT2D eigenvalue weighted by Crippen LogP contribution is 2.31. The number of aromatic nitrogens is 3. The van der Waals surface area contributed by atoms with Crippen LogP contribution in [0, 0.1) is 0 Å². The van der Waals surface area contributed by atoms with Gasteiger partial charge in [0.05, 0.1) is 25.4 Å². The number of likely N-dealkylation sites (N-methyl/N-ethyl adjacent to an activating group) is 1. The molecule has 0 saturated heterocycles. The van der Waals surface area contributed by atoms with Crippen LogP contribution in [-0.2, 0) is 16.1 Å². The van der Waals surface area contributed by atoms with E-state index in [1.165, 1.54) is 11.8 Å². The zero-order valence-electron chi connectivity index (χ0n) is 18.1. The summed E-state index contributed by atoms with van der Waals surface area (Å²) in [6.45, 7) is 1.99. The molecule has 1 aliphatic heterocycles. The SMILES string of the molecule is COCCn1c(SCC(=O)N(C)CC2COc3ccccc3O2)nnc1-c1ccccc1. The zero-order valence-corrected chi connectivity index (χ0v) is 19.0. The molecule has 1 unspecified atom stereocenters. The molecule has 9 heteroatoms. The lowest BCUT2D eigenvalue weighted by Gasteiger charge is -2.29. The Morgan fingerprint density at radius 3 is 2.69 bits per heavy atom. The molecule has 3 aromatic rings. The van der Waals surface area contributed by atoms with Crippen LogP contribution in [-0.4, -0.2) is 71.3 Å². The first-order valence-electron chi connectivity index (χ1n) is 10.4. The summed E-state index contributed by atoms with van der Waals surface area (Å²) in [4.78, 5) is 14.4. The second-order valence-electron chi connectivity index (χ2n) is 7.38. The van der Waals surface area contributed by atoms with E-state index in [-0.39, 0.29) is 17.8 Å². The monoisotopic (exact) mass is 454 g/mol. The van der Waals surface area contributed by atoms with Crippen molar-refractivity contribution in [3.8, 4) is 22.9 Å². The molecule has 0 spiro atoms. The third-order valence-electron chi connectivity index (χ3n) is 5.06. The van der Waals surface area contributed by atoms with E-state index in [0.29, 0.717) is 37.2 Å². The number of carbonyl (C=O) groups is 1. The van der Waals surface area contributed by atoms with Gasteiger partial charge >= 0.3 is 0 Å². The molecule has 0 bridgehead atoms. The molecule has 2 aromatic carbocycles. The number of carbonyl (C=O) groups excluding carboxylic acids is 1. The Morgan fingerprint density at radius 2 is 1.91 bits per heavy atom. The number of rotatable bonds is 9. The van der Waals surface area contributed by atoms with Crippen molar-refractivity contribution in [3.05, 3.63) is 54.6 Å². The van der Waals surface area contributed by atoms with Gasteiger partial charge in [-0.2, -0.15) is 0 Å². The van der Waals surface area contributed by atoms with Gasteiger partial charge in [0.2, 0.25) is 5.91 Å². The summed E-state index contributed by atoms with van der Waals surface area (Å²) in [7, 11) is 3.44. The van der Waals surface area contributed by atoms with Crippen LogP contribution >= 0.6 is 11.8 Å². The van der Waals surface area contributed by atoms with Crippen LogP contribution in [0.25, 0.3) is 11.4 Å². The van der Waals surface area contributed by atoms with Crippen LogP contribution in [0.1, 0.15) is 0 Å². The minimum Gasteiger partial charge on any atom is -0.486 e. The van der Waals surface area contributed by atoms with Crippen molar-refractivity contribution < 1.29 is 19.0 Å². The standard InChI is InChI=1S/C23H26N4O4S/c1-26(14-18-15-30-19-10-6-7-11-20(19)31-18)21(28)16-32-23-25-24-22(27(23)12-13-29-2)17-8-4-3-5-9-17/h3-11,18H,12-16H2,1-2H3. The molecule has 2 heterocycles. The number of hydrogen-bond donors (Lipinski definition) is 0. The van der Waals surface area contributed by atoms with Gasteiger partial charge in [-0.15, -0.1) is 10.2 Å². The number of methoxy groups -OCH3 is 1. The molecule has 1 amide bonds. The minimum atomic E-state index is -0.209. The van der Waals surface area contributed by atoms with E-state index in [1.54, 1.807) is 19.1 Å². The summed E-state index contributed by atoms with van der Waals surface area (Å²) < 4.78 is 18.9. The van der Waals surface area contributed by atoms with Crippen LogP contribution in [0.2, 0.25) is 0 Å². The Hall–Kier alpha value is -3.04. The topological polar surface area (TPSA) is 78.7 Å². The summed E-state index contributed by atoms with van der Waals surface area (Å²) in [5, 5.41) is 9.36. The summed E-state index contributed by atoms with van der Waals surface area (Å²) in [5.41, 5.74) is 0.973. The largest absolute Gasteiger partial charge is 0.486 e. The van der Waals surface area contributed by atoms with E-state index in [1.807, 2.05) is 59.2 Å². The maximum Gasteiger partial charge on any atom is 0.232 e. The van der Waals surface area contributed by atoms with Crippen molar-refractivity contribution in [1.29, 1.82) is 0 Å². The third kappa shape index (κ3) is 5.23. The Labute approximate surface area is 191 Å². The number of amides is 1. The number of hydrogen-bond acceptors (Lipinski definition) is 7. The molecule has 32 heavy (non-hydrogen) atoms. The van der Waals surface area contributed by atoms with Gasteiger partial charge in [0.1, 0.15) is 6.61 Å². The number of fused-ring (bicyclic) bond motifs is 1. The normalized spacial score (nSPS) is 14.9. The zero-order chi connectivity index (χ0) is 22.3.